The molecular weight excluding hydrogens is 384 g/mol. The highest BCUT2D eigenvalue weighted by molar-refractivity contribution is 6.46. The minimum Gasteiger partial charge on any atom is -0.336 e. The lowest BCUT2D eigenvalue weighted by Gasteiger charge is -2.22. The van der Waals surface area contributed by atoms with Crippen LogP contribution in [0, 0.1) is 20.8 Å². The summed E-state index contributed by atoms with van der Waals surface area (Å²) in [6.07, 6.45) is 0.853. The summed E-state index contributed by atoms with van der Waals surface area (Å²) in [6, 6.07) is 21.6. The molecule has 2 amide bonds. The second-order valence-electron chi connectivity index (χ2n) is 8.34. The van der Waals surface area contributed by atoms with Crippen molar-refractivity contribution >= 4 is 28.8 Å². The van der Waals surface area contributed by atoms with Crippen LogP contribution in [0.2, 0.25) is 0 Å². The van der Waals surface area contributed by atoms with Gasteiger partial charge >= 0.3 is 0 Å². The van der Waals surface area contributed by atoms with Gasteiger partial charge in [0.25, 0.3) is 11.8 Å². The Hall–Kier alpha value is -3.66. The standard InChI is InChI=1S/C27H24N2O2/c1-17-7-6-9-22(15-17)29-26(30)24(21-12-11-18(2)19(3)16-21)25(27(29)31)28-14-13-20-8-4-5-10-23(20)28/h4-12,15-16H,13-14H2,1-3H3. The van der Waals surface area contributed by atoms with Crippen molar-refractivity contribution in [1.82, 2.24) is 0 Å². The van der Waals surface area contributed by atoms with Gasteiger partial charge in [-0.2, -0.15) is 0 Å². The third kappa shape index (κ3) is 3.07. The molecule has 0 spiro atoms. The Morgan fingerprint density at radius 3 is 2.35 bits per heavy atom. The smallest absolute Gasteiger partial charge is 0.282 e. The van der Waals surface area contributed by atoms with Gasteiger partial charge in [-0.25, -0.2) is 4.90 Å². The van der Waals surface area contributed by atoms with E-state index in [1.54, 1.807) is 0 Å². The summed E-state index contributed by atoms with van der Waals surface area (Å²) < 4.78 is 0. The van der Waals surface area contributed by atoms with Crippen molar-refractivity contribution in [3.8, 4) is 0 Å². The molecule has 2 aliphatic heterocycles. The number of benzene rings is 3. The predicted octanol–water partition coefficient (Wildman–Crippen LogP) is 4.96. The fourth-order valence-electron chi connectivity index (χ4n) is 4.50. The maximum absolute atomic E-state index is 13.8. The zero-order valence-corrected chi connectivity index (χ0v) is 18.0. The average molecular weight is 409 g/mol. The molecule has 0 saturated heterocycles. The van der Waals surface area contributed by atoms with Crippen LogP contribution >= 0.6 is 0 Å². The summed E-state index contributed by atoms with van der Waals surface area (Å²) in [7, 11) is 0. The molecule has 4 heteroatoms. The highest BCUT2D eigenvalue weighted by atomic mass is 16.2. The quantitative estimate of drug-likeness (QED) is 0.575. The molecule has 0 radical (unpaired) electrons. The van der Waals surface area contributed by atoms with Crippen molar-refractivity contribution in [2.75, 3.05) is 16.3 Å². The molecule has 2 aliphatic rings. The fraction of sp³-hybridized carbons (Fsp3) is 0.185. The second kappa shape index (κ2) is 7.24. The molecule has 0 unspecified atom stereocenters. The number of fused-ring (bicyclic) bond motifs is 1. The van der Waals surface area contributed by atoms with Crippen molar-refractivity contribution in [2.24, 2.45) is 0 Å². The molecule has 0 aliphatic carbocycles. The van der Waals surface area contributed by atoms with Gasteiger partial charge in [-0.15, -0.1) is 0 Å². The van der Waals surface area contributed by atoms with E-state index in [1.807, 2.05) is 86.3 Å². The van der Waals surface area contributed by atoms with E-state index in [0.29, 0.717) is 23.5 Å². The first-order chi connectivity index (χ1) is 15.0. The van der Waals surface area contributed by atoms with Gasteiger partial charge in [0.05, 0.1) is 11.3 Å². The van der Waals surface area contributed by atoms with Crippen LogP contribution in [0.4, 0.5) is 11.4 Å². The van der Waals surface area contributed by atoms with Gasteiger partial charge in [0.1, 0.15) is 5.70 Å². The van der Waals surface area contributed by atoms with Crippen LogP contribution in [-0.2, 0) is 16.0 Å². The van der Waals surface area contributed by atoms with Crippen molar-refractivity contribution < 1.29 is 9.59 Å². The van der Waals surface area contributed by atoms with Gasteiger partial charge in [0, 0.05) is 12.2 Å². The molecule has 5 rings (SSSR count). The average Bonchev–Trinajstić information content (AvgIpc) is 3.28. The highest BCUT2D eigenvalue weighted by Gasteiger charge is 2.44. The molecule has 31 heavy (non-hydrogen) atoms. The Bertz CT molecular complexity index is 1270. The fourth-order valence-corrected chi connectivity index (χ4v) is 4.50. The maximum Gasteiger partial charge on any atom is 0.282 e. The first kappa shape index (κ1) is 19.3. The molecule has 154 valence electrons. The molecule has 2 heterocycles. The number of amides is 2. The van der Waals surface area contributed by atoms with Crippen LogP contribution in [-0.4, -0.2) is 18.4 Å². The molecule has 0 saturated carbocycles. The SMILES string of the molecule is Cc1cccc(N2C(=O)C(c3ccc(C)c(C)c3)=C(N3CCc4ccccc43)C2=O)c1. The van der Waals surface area contributed by atoms with Gasteiger partial charge in [0.15, 0.2) is 0 Å². The molecular formula is C27H24N2O2. The monoisotopic (exact) mass is 408 g/mol. The number of rotatable bonds is 3. The number of aryl methyl sites for hydroxylation is 3. The van der Waals surface area contributed by atoms with E-state index < -0.39 is 0 Å². The Labute approximate surface area is 182 Å². The van der Waals surface area contributed by atoms with E-state index in [9.17, 15) is 9.59 Å². The molecule has 0 aromatic heterocycles. The van der Waals surface area contributed by atoms with Gasteiger partial charge < -0.3 is 4.90 Å². The number of hydrogen-bond acceptors (Lipinski definition) is 3. The second-order valence-corrected chi connectivity index (χ2v) is 8.34. The van der Waals surface area contributed by atoms with Gasteiger partial charge in [-0.3, -0.25) is 9.59 Å². The Morgan fingerprint density at radius 1 is 0.774 bits per heavy atom. The van der Waals surface area contributed by atoms with E-state index in [-0.39, 0.29) is 11.8 Å². The summed E-state index contributed by atoms with van der Waals surface area (Å²) >= 11 is 0. The molecule has 4 nitrogen and oxygen atoms in total. The van der Waals surface area contributed by atoms with Crippen LogP contribution in [0.25, 0.3) is 5.57 Å². The summed E-state index contributed by atoms with van der Waals surface area (Å²) in [5.41, 5.74) is 7.81. The van der Waals surface area contributed by atoms with E-state index in [0.717, 1.165) is 34.4 Å². The summed E-state index contributed by atoms with van der Waals surface area (Å²) in [4.78, 5) is 30.8. The molecule has 3 aromatic carbocycles. The Morgan fingerprint density at radius 2 is 1.58 bits per heavy atom. The molecule has 3 aromatic rings. The molecule has 0 N–H and O–H groups in total. The van der Waals surface area contributed by atoms with Crippen molar-refractivity contribution in [3.05, 3.63) is 100 Å². The number of hydrogen-bond donors (Lipinski definition) is 0. The van der Waals surface area contributed by atoms with E-state index in [2.05, 4.69) is 6.07 Å². The van der Waals surface area contributed by atoms with Gasteiger partial charge in [-0.05, 0) is 73.2 Å². The maximum atomic E-state index is 13.8. The Balaban J connectivity index is 1.71. The lowest BCUT2D eigenvalue weighted by atomic mass is 9.99. The van der Waals surface area contributed by atoms with Crippen LogP contribution in [0.3, 0.4) is 0 Å². The number of para-hydroxylation sites is 1. The Kier molecular flexibility index (Phi) is 4.51. The van der Waals surface area contributed by atoms with Crippen molar-refractivity contribution in [3.63, 3.8) is 0 Å². The largest absolute Gasteiger partial charge is 0.336 e. The predicted molar refractivity (Wildman–Crippen MR) is 124 cm³/mol. The van der Waals surface area contributed by atoms with Crippen LogP contribution in [0.1, 0.15) is 27.8 Å². The zero-order chi connectivity index (χ0) is 21.7. The number of anilines is 2. The van der Waals surface area contributed by atoms with Crippen LogP contribution < -0.4 is 9.80 Å². The van der Waals surface area contributed by atoms with Crippen molar-refractivity contribution in [2.45, 2.75) is 27.2 Å². The topological polar surface area (TPSA) is 40.6 Å². The van der Waals surface area contributed by atoms with E-state index in [4.69, 9.17) is 0 Å². The summed E-state index contributed by atoms with van der Waals surface area (Å²) in [5.74, 6) is -0.529. The van der Waals surface area contributed by atoms with Crippen LogP contribution in [0.15, 0.2) is 72.4 Å². The normalized spacial score (nSPS) is 15.8. The number of carbonyl (C=O) groups is 2. The van der Waals surface area contributed by atoms with Crippen molar-refractivity contribution in [1.29, 1.82) is 0 Å². The number of imide groups is 1. The number of carbonyl (C=O) groups excluding carboxylic acids is 2. The van der Waals surface area contributed by atoms with E-state index >= 15 is 0 Å². The summed E-state index contributed by atoms with van der Waals surface area (Å²) in [6.45, 7) is 6.73. The lowest BCUT2D eigenvalue weighted by Crippen LogP contribution is -2.34. The highest BCUT2D eigenvalue weighted by Crippen LogP contribution is 2.40. The molecule has 0 bridgehead atoms. The van der Waals surface area contributed by atoms with Crippen LogP contribution in [0.5, 0.6) is 0 Å². The summed E-state index contributed by atoms with van der Waals surface area (Å²) in [5, 5.41) is 0. The third-order valence-electron chi connectivity index (χ3n) is 6.27. The lowest BCUT2D eigenvalue weighted by molar-refractivity contribution is -0.120. The first-order valence-corrected chi connectivity index (χ1v) is 10.6. The first-order valence-electron chi connectivity index (χ1n) is 10.6. The molecule has 0 fully saturated rings. The number of nitrogens with zero attached hydrogens (tertiary/aromatic N) is 2. The minimum atomic E-state index is -0.266. The third-order valence-corrected chi connectivity index (χ3v) is 6.27. The zero-order valence-electron chi connectivity index (χ0n) is 18.0. The van der Waals surface area contributed by atoms with Gasteiger partial charge in [-0.1, -0.05) is 48.5 Å². The van der Waals surface area contributed by atoms with E-state index in [1.165, 1.54) is 10.5 Å². The van der Waals surface area contributed by atoms with Gasteiger partial charge in [0.2, 0.25) is 0 Å². The minimum absolute atomic E-state index is 0.263. The molecule has 0 atom stereocenters.